The number of para-hydroxylation sites is 1. The molecule has 0 aliphatic heterocycles. The quantitative estimate of drug-likeness (QED) is 0.831. The molecule has 0 bridgehead atoms. The van der Waals surface area contributed by atoms with Gasteiger partial charge in [-0.15, -0.1) is 0 Å². The minimum Gasteiger partial charge on any atom is -0.328 e. The molecule has 0 aliphatic rings. The lowest BCUT2D eigenvalue weighted by Crippen LogP contribution is -2.18. The third-order valence-electron chi connectivity index (χ3n) is 3.47. The van der Waals surface area contributed by atoms with Gasteiger partial charge >= 0.3 is 0 Å². The largest absolute Gasteiger partial charge is 0.328 e. The van der Waals surface area contributed by atoms with Crippen molar-refractivity contribution in [3.05, 3.63) is 36.0 Å². The molecule has 1 heterocycles. The lowest BCUT2D eigenvalue weighted by Gasteiger charge is -2.05. The summed E-state index contributed by atoms with van der Waals surface area (Å²) in [4.78, 5) is 0. The zero-order chi connectivity index (χ0) is 17.8. The third-order valence-corrected chi connectivity index (χ3v) is 4.33. The molecule has 132 valence electrons. The van der Waals surface area contributed by atoms with Gasteiger partial charge in [-0.3, -0.25) is 3.97 Å². The molecular formula is C19H34N2OS. The van der Waals surface area contributed by atoms with Gasteiger partial charge in [0.25, 0.3) is 0 Å². The second-order valence-corrected chi connectivity index (χ2v) is 6.66. The van der Waals surface area contributed by atoms with E-state index in [0.717, 1.165) is 5.52 Å². The van der Waals surface area contributed by atoms with Crippen LogP contribution in [0.1, 0.15) is 58.9 Å². The van der Waals surface area contributed by atoms with E-state index in [2.05, 4.69) is 13.8 Å². The number of rotatable bonds is 5. The highest BCUT2D eigenvalue weighted by molar-refractivity contribution is 7.82. The van der Waals surface area contributed by atoms with Gasteiger partial charge in [-0.05, 0) is 31.4 Å². The summed E-state index contributed by atoms with van der Waals surface area (Å²) >= 11 is 0. The molecule has 0 fully saturated rings. The summed E-state index contributed by atoms with van der Waals surface area (Å²) in [7, 11) is -0.966. The fourth-order valence-electron chi connectivity index (χ4n) is 2.41. The molecule has 0 amide bonds. The predicted molar refractivity (Wildman–Crippen MR) is 105 cm³/mol. The van der Waals surface area contributed by atoms with Gasteiger partial charge in [0.1, 0.15) is 11.0 Å². The van der Waals surface area contributed by atoms with Crippen molar-refractivity contribution in [3.63, 3.8) is 0 Å². The van der Waals surface area contributed by atoms with Crippen LogP contribution in [0.25, 0.3) is 10.9 Å². The number of hydrogen-bond acceptors (Lipinski definition) is 2. The summed E-state index contributed by atoms with van der Waals surface area (Å²) in [5.74, 6) is 0. The predicted octanol–water partition coefficient (Wildman–Crippen LogP) is 5.03. The number of nitrogens with two attached hydrogens (primary N) is 1. The van der Waals surface area contributed by atoms with Crippen LogP contribution in [-0.2, 0) is 11.0 Å². The van der Waals surface area contributed by atoms with Gasteiger partial charge in [0, 0.05) is 23.9 Å². The van der Waals surface area contributed by atoms with Crippen molar-refractivity contribution in [2.24, 2.45) is 5.73 Å². The van der Waals surface area contributed by atoms with Gasteiger partial charge in [-0.1, -0.05) is 58.7 Å². The molecule has 0 aliphatic carbocycles. The highest BCUT2D eigenvalue weighted by atomic mass is 32.2. The number of fused-ring (bicyclic) bond motifs is 1. The first-order valence-electron chi connectivity index (χ1n) is 8.67. The van der Waals surface area contributed by atoms with E-state index in [-0.39, 0.29) is 0 Å². The monoisotopic (exact) mass is 338 g/mol. The first kappa shape index (κ1) is 21.9. The van der Waals surface area contributed by atoms with E-state index in [4.69, 9.17) is 5.73 Å². The number of benzene rings is 1. The summed E-state index contributed by atoms with van der Waals surface area (Å²) in [6.45, 7) is 10.4. The van der Waals surface area contributed by atoms with Crippen molar-refractivity contribution in [2.45, 2.75) is 66.3 Å². The van der Waals surface area contributed by atoms with E-state index in [0.29, 0.717) is 6.04 Å². The number of hydrogen-bond donors (Lipinski definition) is 1. The average molecular weight is 339 g/mol. The molecule has 1 atom stereocenters. The van der Waals surface area contributed by atoms with Crippen molar-refractivity contribution in [1.82, 2.24) is 3.97 Å². The Kier molecular flexibility index (Phi) is 11.7. The van der Waals surface area contributed by atoms with Crippen LogP contribution in [0.4, 0.5) is 0 Å². The maximum absolute atomic E-state index is 11.3. The Balaban J connectivity index is 0.000000421. The zero-order valence-electron chi connectivity index (χ0n) is 15.6. The molecule has 4 heteroatoms. The summed E-state index contributed by atoms with van der Waals surface area (Å²) < 4.78 is 13.1. The van der Waals surface area contributed by atoms with Gasteiger partial charge < -0.3 is 5.73 Å². The minimum atomic E-state index is -0.966. The Morgan fingerprint density at radius 3 is 2.13 bits per heavy atom. The minimum absolute atomic E-state index is 0.463. The number of aryl methyl sites for hydroxylation is 1. The van der Waals surface area contributed by atoms with Gasteiger partial charge in [0.05, 0.1) is 5.52 Å². The van der Waals surface area contributed by atoms with Gasteiger partial charge in [0.15, 0.2) is 0 Å². The maximum atomic E-state index is 11.3. The standard InChI is InChI=1S/C10H11NOS.C7H17N.C2H6/c1-8-7-11(13(2)12)10-6-4-3-5-9(8)10;1-3-5-7(8)6-4-2;1-2/h3-7H,1-2H3;7H,3-6,8H2,1-2H3;1-2H3. The van der Waals surface area contributed by atoms with Gasteiger partial charge in [-0.2, -0.15) is 0 Å². The van der Waals surface area contributed by atoms with Crippen LogP contribution in [0.2, 0.25) is 0 Å². The SMILES string of the molecule is CC.CCCC(N)CCC.Cc1cn(S(C)=O)c2ccccc12. The molecule has 23 heavy (non-hydrogen) atoms. The molecule has 0 spiro atoms. The Morgan fingerprint density at radius 2 is 1.65 bits per heavy atom. The Morgan fingerprint density at radius 1 is 1.13 bits per heavy atom. The van der Waals surface area contributed by atoms with E-state index in [1.165, 1.54) is 36.6 Å². The summed E-state index contributed by atoms with van der Waals surface area (Å²) in [5, 5.41) is 1.18. The van der Waals surface area contributed by atoms with Crippen LogP contribution >= 0.6 is 0 Å². The summed E-state index contributed by atoms with van der Waals surface area (Å²) in [6, 6.07) is 8.46. The lowest BCUT2D eigenvalue weighted by atomic mass is 10.1. The topological polar surface area (TPSA) is 48.0 Å². The number of aromatic nitrogens is 1. The first-order valence-corrected chi connectivity index (χ1v) is 10.2. The fourth-order valence-corrected chi connectivity index (χ4v) is 3.16. The summed E-state index contributed by atoms with van der Waals surface area (Å²) in [5.41, 5.74) is 7.91. The van der Waals surface area contributed by atoms with Crippen LogP contribution in [0.15, 0.2) is 30.5 Å². The molecule has 1 aromatic heterocycles. The zero-order valence-corrected chi connectivity index (χ0v) is 16.5. The van der Waals surface area contributed by atoms with E-state index >= 15 is 0 Å². The van der Waals surface area contributed by atoms with Gasteiger partial charge in [0.2, 0.25) is 0 Å². The molecule has 1 aromatic carbocycles. The van der Waals surface area contributed by atoms with Crippen LogP contribution in [-0.4, -0.2) is 20.5 Å². The lowest BCUT2D eigenvalue weighted by molar-refractivity contribution is 0.554. The third kappa shape index (κ3) is 7.32. The summed E-state index contributed by atoms with van der Waals surface area (Å²) in [6.07, 6.45) is 8.44. The normalized spacial score (nSPS) is 11.5. The smallest absolute Gasteiger partial charge is 0.120 e. The van der Waals surface area contributed by atoms with Crippen LogP contribution in [0, 0.1) is 6.92 Å². The van der Waals surface area contributed by atoms with Crippen molar-refractivity contribution in [2.75, 3.05) is 6.26 Å². The van der Waals surface area contributed by atoms with E-state index in [1.807, 2.05) is 51.2 Å². The Labute approximate surface area is 144 Å². The van der Waals surface area contributed by atoms with Crippen LogP contribution in [0.5, 0.6) is 0 Å². The maximum Gasteiger partial charge on any atom is 0.120 e. The molecule has 0 saturated carbocycles. The van der Waals surface area contributed by atoms with Crippen molar-refractivity contribution < 1.29 is 4.21 Å². The Hall–Kier alpha value is -1.13. The molecular weight excluding hydrogens is 304 g/mol. The van der Waals surface area contributed by atoms with E-state index < -0.39 is 11.0 Å². The van der Waals surface area contributed by atoms with Crippen molar-refractivity contribution in [3.8, 4) is 0 Å². The van der Waals surface area contributed by atoms with Crippen molar-refractivity contribution >= 4 is 21.9 Å². The molecule has 2 aromatic rings. The molecule has 1 unspecified atom stereocenters. The number of nitrogens with zero attached hydrogens (tertiary/aromatic N) is 1. The highest BCUT2D eigenvalue weighted by Gasteiger charge is 2.05. The van der Waals surface area contributed by atoms with Crippen LogP contribution in [0.3, 0.4) is 0 Å². The fraction of sp³-hybridized carbons (Fsp3) is 0.579. The highest BCUT2D eigenvalue weighted by Crippen LogP contribution is 2.20. The first-order chi connectivity index (χ1) is 11.0. The molecule has 0 radical (unpaired) electrons. The molecule has 0 saturated heterocycles. The molecule has 2 N–H and O–H groups in total. The van der Waals surface area contributed by atoms with Crippen molar-refractivity contribution in [1.29, 1.82) is 0 Å². The van der Waals surface area contributed by atoms with E-state index in [9.17, 15) is 4.21 Å². The average Bonchev–Trinajstić information content (AvgIpc) is 2.88. The second kappa shape index (κ2) is 12.3. The van der Waals surface area contributed by atoms with Crippen LogP contribution < -0.4 is 5.73 Å². The Bertz CT molecular complexity index is 572. The second-order valence-electron chi connectivity index (χ2n) is 5.42. The van der Waals surface area contributed by atoms with Gasteiger partial charge in [-0.25, -0.2) is 4.21 Å². The molecule has 3 nitrogen and oxygen atoms in total. The molecule has 2 rings (SSSR count). The van der Waals surface area contributed by atoms with E-state index in [1.54, 1.807) is 10.2 Å².